The summed E-state index contributed by atoms with van der Waals surface area (Å²) < 4.78 is 93.0. The number of tetrazole rings is 1. The van der Waals surface area contributed by atoms with Crippen molar-refractivity contribution in [2.24, 2.45) is 11.7 Å². The van der Waals surface area contributed by atoms with Gasteiger partial charge >= 0.3 is 6.18 Å². The maximum Gasteiger partial charge on any atom is 0.417 e. The van der Waals surface area contributed by atoms with Gasteiger partial charge in [-0.3, -0.25) is 5.41 Å². The van der Waals surface area contributed by atoms with Gasteiger partial charge in [0, 0.05) is 24.7 Å². The van der Waals surface area contributed by atoms with Crippen molar-refractivity contribution in [2.75, 3.05) is 21.3 Å². The highest BCUT2D eigenvalue weighted by molar-refractivity contribution is 7.89. The number of rotatable bonds is 16. The fraction of sp³-hybridized carbons (Fsp3) is 0.366. The van der Waals surface area contributed by atoms with Gasteiger partial charge in [-0.15, -0.1) is 10.2 Å². The molecule has 0 saturated heterocycles. The normalized spacial score (nSPS) is 15.9. The number of guanidine groups is 1. The van der Waals surface area contributed by atoms with Crippen molar-refractivity contribution < 1.29 is 35.8 Å². The van der Waals surface area contributed by atoms with Crippen molar-refractivity contribution >= 4 is 16.0 Å². The van der Waals surface area contributed by atoms with Crippen molar-refractivity contribution in [3.63, 3.8) is 0 Å². The summed E-state index contributed by atoms with van der Waals surface area (Å²) in [5.41, 5.74) is 6.16. The summed E-state index contributed by atoms with van der Waals surface area (Å²) in [6.07, 6.45) is -1.07. The second kappa shape index (κ2) is 18.3. The Morgan fingerprint density at radius 1 is 0.828 bits per heavy atom. The van der Waals surface area contributed by atoms with Gasteiger partial charge in [-0.25, -0.2) is 8.42 Å². The van der Waals surface area contributed by atoms with Gasteiger partial charge in [0.2, 0.25) is 15.8 Å². The van der Waals surface area contributed by atoms with Crippen LogP contribution in [0.4, 0.5) is 13.2 Å². The lowest BCUT2D eigenvalue weighted by Gasteiger charge is -2.30. The number of hydrogen-bond donors (Lipinski definition) is 3. The molecule has 0 unspecified atom stereocenters. The van der Waals surface area contributed by atoms with E-state index in [0.29, 0.717) is 40.4 Å². The average molecular weight is 821 g/mol. The van der Waals surface area contributed by atoms with Gasteiger partial charge in [-0.05, 0) is 114 Å². The van der Waals surface area contributed by atoms with Crippen LogP contribution in [0.15, 0.2) is 89.8 Å². The van der Waals surface area contributed by atoms with E-state index in [2.05, 4.69) is 20.7 Å². The summed E-state index contributed by atoms with van der Waals surface area (Å²) in [5.74, 6) is 1.59. The lowest BCUT2D eigenvalue weighted by atomic mass is 9.82. The van der Waals surface area contributed by atoms with Crippen LogP contribution in [-0.4, -0.2) is 66.3 Å². The molecule has 58 heavy (non-hydrogen) atoms. The molecule has 0 radical (unpaired) electrons. The molecule has 5 aromatic rings. The Bertz CT molecular complexity index is 2210. The maximum absolute atomic E-state index is 15.2. The standard InChI is InChI=1S/C41H47F3N8O5S/c1-55-33-17-7-28(8-18-33)24-51(25-29-9-19-34(56-2)20-10-29)58(53,54)38-36(41(42,43)44)23-14-31(13-4-27-5-15-32(16-6-27)47-40(45)46)37(38)39-48-50-52(49-39)26-30-11-21-35(57-3)22-12-30/h7-12,14,17-23,27,32H,4-6,13,15-16,24-26H2,1-3H3,(H4,45,46,47). The molecule has 0 aliphatic heterocycles. The minimum atomic E-state index is -5.07. The zero-order valence-electron chi connectivity index (χ0n) is 32.5. The molecule has 4 aromatic carbocycles. The number of nitrogens with zero attached hydrogens (tertiary/aromatic N) is 5. The summed E-state index contributed by atoms with van der Waals surface area (Å²) in [6.45, 7) is -0.394. The Hall–Kier alpha value is -5.68. The van der Waals surface area contributed by atoms with E-state index in [4.69, 9.17) is 25.4 Å². The third kappa shape index (κ3) is 10.2. The predicted octanol–water partition coefficient (Wildman–Crippen LogP) is 6.80. The number of aryl methyl sites for hydroxylation is 1. The van der Waals surface area contributed by atoms with Gasteiger partial charge in [0.05, 0.1) is 33.4 Å². The zero-order chi connectivity index (χ0) is 41.5. The van der Waals surface area contributed by atoms with Crippen LogP contribution in [-0.2, 0) is 42.3 Å². The minimum absolute atomic E-state index is 0.0689. The predicted molar refractivity (Wildman–Crippen MR) is 212 cm³/mol. The van der Waals surface area contributed by atoms with Gasteiger partial charge < -0.3 is 25.3 Å². The minimum Gasteiger partial charge on any atom is -0.497 e. The number of ether oxygens (including phenoxy) is 3. The molecule has 1 aliphatic carbocycles. The van der Waals surface area contributed by atoms with E-state index in [9.17, 15) is 0 Å². The first kappa shape index (κ1) is 41.9. The molecule has 0 spiro atoms. The Kier molecular flexibility index (Phi) is 13.2. The lowest BCUT2D eigenvalue weighted by molar-refractivity contribution is -0.139. The van der Waals surface area contributed by atoms with Gasteiger partial charge in [0.1, 0.15) is 22.1 Å². The monoisotopic (exact) mass is 820 g/mol. The van der Waals surface area contributed by atoms with Crippen LogP contribution >= 0.6 is 0 Å². The Morgan fingerprint density at radius 3 is 1.83 bits per heavy atom. The van der Waals surface area contributed by atoms with E-state index in [1.54, 1.807) is 79.9 Å². The number of benzene rings is 4. The van der Waals surface area contributed by atoms with Gasteiger partial charge in [0.25, 0.3) is 0 Å². The van der Waals surface area contributed by atoms with E-state index in [1.165, 1.54) is 25.1 Å². The van der Waals surface area contributed by atoms with E-state index in [1.807, 2.05) is 0 Å². The molecular weight excluding hydrogens is 774 g/mol. The molecular formula is C41H47F3N8O5S. The summed E-state index contributed by atoms with van der Waals surface area (Å²) in [5, 5.41) is 23.5. The van der Waals surface area contributed by atoms with Crippen molar-refractivity contribution in [3.05, 3.63) is 113 Å². The molecule has 13 nitrogen and oxygen atoms in total. The summed E-state index contributed by atoms with van der Waals surface area (Å²) >= 11 is 0. The Balaban J connectivity index is 1.46. The third-order valence-electron chi connectivity index (χ3n) is 10.4. The quantitative estimate of drug-likeness (QED) is 0.0711. The smallest absolute Gasteiger partial charge is 0.417 e. The number of alkyl halides is 3. The van der Waals surface area contributed by atoms with Crippen molar-refractivity contribution in [1.29, 1.82) is 5.41 Å². The molecule has 0 atom stereocenters. The maximum atomic E-state index is 15.2. The summed E-state index contributed by atoms with van der Waals surface area (Å²) in [4.78, 5) is 0.297. The number of nitrogens with one attached hydrogen (secondary N) is 2. The summed E-state index contributed by atoms with van der Waals surface area (Å²) in [7, 11) is -0.436. The number of hydrogen-bond acceptors (Lipinski definition) is 9. The molecule has 4 N–H and O–H groups in total. The molecule has 0 amide bonds. The van der Waals surface area contributed by atoms with E-state index >= 15 is 21.6 Å². The SMILES string of the molecule is COc1ccc(CN(Cc2ccc(OC)cc2)S(=O)(=O)c2c(C(F)(F)F)ccc(CCC3CCC(NC(=N)N)CC3)c2-c2nnn(Cc3ccc(OC)cc3)n2)cc1. The third-order valence-corrected chi connectivity index (χ3v) is 12.2. The van der Waals surface area contributed by atoms with Crippen LogP contribution in [0.25, 0.3) is 11.4 Å². The average Bonchev–Trinajstić information content (AvgIpc) is 3.68. The largest absolute Gasteiger partial charge is 0.497 e. The first-order chi connectivity index (χ1) is 27.8. The van der Waals surface area contributed by atoms with Crippen molar-refractivity contribution in [1.82, 2.24) is 29.8 Å². The van der Waals surface area contributed by atoms with Gasteiger partial charge in [0.15, 0.2) is 5.96 Å². The first-order valence-corrected chi connectivity index (χ1v) is 20.2. The topological polar surface area (TPSA) is 171 Å². The number of methoxy groups -OCH3 is 3. The molecule has 0 bridgehead atoms. The van der Waals surface area contributed by atoms with Crippen LogP contribution in [0.5, 0.6) is 17.2 Å². The second-order valence-corrected chi connectivity index (χ2v) is 16.1. The van der Waals surface area contributed by atoms with Gasteiger partial charge in [-0.2, -0.15) is 22.3 Å². The molecule has 1 aliphatic rings. The molecule has 1 fully saturated rings. The fourth-order valence-corrected chi connectivity index (χ4v) is 9.11. The Labute approximate surface area is 335 Å². The van der Waals surface area contributed by atoms with Crippen LogP contribution < -0.4 is 25.3 Å². The fourth-order valence-electron chi connectivity index (χ4n) is 7.27. The molecule has 6 rings (SSSR count). The van der Waals surface area contributed by atoms with E-state index < -0.39 is 26.7 Å². The van der Waals surface area contributed by atoms with Gasteiger partial charge in [-0.1, -0.05) is 42.5 Å². The molecule has 1 aromatic heterocycles. The zero-order valence-corrected chi connectivity index (χ0v) is 33.3. The molecule has 17 heteroatoms. The highest BCUT2D eigenvalue weighted by atomic mass is 32.2. The molecule has 308 valence electrons. The van der Waals surface area contributed by atoms with Crippen molar-refractivity contribution in [3.8, 4) is 28.6 Å². The van der Waals surface area contributed by atoms with Crippen LogP contribution in [0.1, 0.15) is 59.9 Å². The lowest BCUT2D eigenvalue weighted by Crippen LogP contribution is -2.41. The number of nitrogens with two attached hydrogens (primary N) is 1. The number of aromatic nitrogens is 4. The Morgan fingerprint density at radius 2 is 1.34 bits per heavy atom. The highest BCUT2D eigenvalue weighted by Gasteiger charge is 2.43. The van der Waals surface area contributed by atoms with Crippen molar-refractivity contribution in [2.45, 2.75) is 75.3 Å². The number of halogens is 3. The van der Waals surface area contributed by atoms with Crippen LogP contribution in [0, 0.1) is 11.3 Å². The molecule has 1 heterocycles. The van der Waals surface area contributed by atoms with Crippen LogP contribution in [0.2, 0.25) is 0 Å². The first-order valence-electron chi connectivity index (χ1n) is 18.8. The van der Waals surface area contributed by atoms with Crippen LogP contribution in [0.3, 0.4) is 0 Å². The molecule has 1 saturated carbocycles. The highest BCUT2D eigenvalue weighted by Crippen LogP contribution is 2.43. The van der Waals surface area contributed by atoms with E-state index in [-0.39, 0.29) is 55.4 Å². The summed E-state index contributed by atoms with van der Waals surface area (Å²) in [6, 6.07) is 22.7. The second-order valence-electron chi connectivity index (χ2n) is 14.2. The number of sulfonamides is 1. The van der Waals surface area contributed by atoms with E-state index in [0.717, 1.165) is 41.6 Å².